The van der Waals surface area contributed by atoms with Crippen molar-refractivity contribution in [1.82, 2.24) is 0 Å². The molecule has 8 atom stereocenters. The number of thioether (sulfide) groups is 1. The summed E-state index contributed by atoms with van der Waals surface area (Å²) in [7, 11) is 0. The number of unbranched alkanes of at least 4 members (excludes halogenated alkanes) is 1. The van der Waals surface area contributed by atoms with Crippen LogP contribution >= 0.6 is 11.8 Å². The van der Waals surface area contributed by atoms with E-state index in [1.165, 1.54) is 25.0 Å². The first-order chi connectivity index (χ1) is 9.33. The third-order valence-electron chi connectivity index (χ3n) is 6.94. The predicted molar refractivity (Wildman–Crippen MR) is 84.2 cm³/mol. The van der Waals surface area contributed by atoms with Gasteiger partial charge in [-0.05, 0) is 79.3 Å². The summed E-state index contributed by atoms with van der Waals surface area (Å²) in [5.74, 6) is 8.91. The second-order valence-electron chi connectivity index (χ2n) is 7.61. The van der Waals surface area contributed by atoms with E-state index in [1.807, 2.05) is 0 Å². The Hall–Kier alpha value is 0.0900. The first-order valence-electron chi connectivity index (χ1n) is 8.57. The lowest BCUT2D eigenvalue weighted by atomic mass is 9.67. The fraction of sp³-hybridized carbons (Fsp3) is 0.889. The number of hydrogen-bond acceptors (Lipinski definition) is 1. The lowest BCUT2D eigenvalue weighted by molar-refractivity contribution is 0.125. The summed E-state index contributed by atoms with van der Waals surface area (Å²) in [5.41, 5.74) is 0. The number of allylic oxidation sites excluding steroid dienone is 1. The zero-order valence-corrected chi connectivity index (χ0v) is 13.1. The first kappa shape index (κ1) is 12.8. The quantitative estimate of drug-likeness (QED) is 0.387. The molecule has 0 aromatic rings. The molecule has 19 heavy (non-hydrogen) atoms. The van der Waals surface area contributed by atoms with Gasteiger partial charge in [-0.1, -0.05) is 19.4 Å². The van der Waals surface area contributed by atoms with Crippen LogP contribution in [0.2, 0.25) is 0 Å². The molecule has 4 fully saturated rings. The van der Waals surface area contributed by atoms with Crippen LogP contribution in [-0.4, -0.2) is 11.0 Å². The summed E-state index contributed by atoms with van der Waals surface area (Å²) < 4.78 is 0. The Bertz CT molecular complexity index is 363. The highest BCUT2D eigenvalue weighted by molar-refractivity contribution is 7.99. The molecule has 0 amide bonds. The average Bonchev–Trinajstić information content (AvgIpc) is 3.15. The van der Waals surface area contributed by atoms with Gasteiger partial charge in [-0.2, -0.15) is 11.8 Å². The Morgan fingerprint density at radius 3 is 2.58 bits per heavy atom. The molecule has 106 valence electrons. The van der Waals surface area contributed by atoms with Crippen LogP contribution < -0.4 is 0 Å². The highest BCUT2D eigenvalue weighted by Crippen LogP contribution is 2.70. The number of fused-ring (bicyclic) bond motifs is 9. The van der Waals surface area contributed by atoms with E-state index < -0.39 is 0 Å². The number of rotatable bonds is 5. The van der Waals surface area contributed by atoms with Crippen molar-refractivity contribution in [3.63, 3.8) is 0 Å². The summed E-state index contributed by atoms with van der Waals surface area (Å²) >= 11 is 2.33. The zero-order chi connectivity index (χ0) is 13.0. The van der Waals surface area contributed by atoms with Crippen molar-refractivity contribution >= 4 is 11.8 Å². The standard InChI is InChI=1S/C18H28S/c1-3-5-6-19-16-10-13-9-15(16)18-12-7-11(4-2)14(8-12)17(13)18/h4,11-18H,2-3,5-10H2,1H3/t11-,12-,13+,14-,15-,16-,17?,18?/m0/s1. The Labute approximate surface area is 122 Å². The second kappa shape index (κ2) is 4.83. The average molecular weight is 276 g/mol. The van der Waals surface area contributed by atoms with Crippen molar-refractivity contribution in [2.75, 3.05) is 5.75 Å². The Morgan fingerprint density at radius 2 is 1.79 bits per heavy atom. The van der Waals surface area contributed by atoms with Crippen molar-refractivity contribution in [3.8, 4) is 0 Å². The van der Waals surface area contributed by atoms with Crippen molar-refractivity contribution in [2.24, 2.45) is 41.4 Å². The fourth-order valence-electron chi connectivity index (χ4n) is 6.43. The summed E-state index contributed by atoms with van der Waals surface area (Å²) in [6.07, 6.45) is 11.3. The third-order valence-corrected chi connectivity index (χ3v) is 8.44. The van der Waals surface area contributed by atoms with E-state index in [0.29, 0.717) is 0 Å². The topological polar surface area (TPSA) is 0 Å². The molecule has 0 aromatic heterocycles. The summed E-state index contributed by atoms with van der Waals surface area (Å²) in [6.45, 7) is 6.42. The summed E-state index contributed by atoms with van der Waals surface area (Å²) in [5, 5.41) is 1.04. The highest BCUT2D eigenvalue weighted by atomic mass is 32.2. The van der Waals surface area contributed by atoms with Crippen molar-refractivity contribution in [2.45, 2.75) is 50.7 Å². The van der Waals surface area contributed by atoms with Gasteiger partial charge in [-0.3, -0.25) is 0 Å². The van der Waals surface area contributed by atoms with Gasteiger partial charge < -0.3 is 0 Å². The van der Waals surface area contributed by atoms with Crippen molar-refractivity contribution in [1.29, 1.82) is 0 Å². The molecule has 4 aliphatic rings. The second-order valence-corrected chi connectivity index (χ2v) is 8.95. The molecule has 0 heterocycles. The van der Waals surface area contributed by atoms with Crippen LogP contribution in [0.4, 0.5) is 0 Å². The van der Waals surface area contributed by atoms with E-state index in [2.05, 4.69) is 31.3 Å². The van der Waals surface area contributed by atoms with Gasteiger partial charge in [0, 0.05) is 5.25 Å². The molecule has 2 unspecified atom stereocenters. The maximum Gasteiger partial charge on any atom is 0.00810 e. The van der Waals surface area contributed by atoms with Crippen LogP contribution in [0.25, 0.3) is 0 Å². The third kappa shape index (κ3) is 1.79. The molecule has 0 radical (unpaired) electrons. The van der Waals surface area contributed by atoms with Gasteiger partial charge in [0.1, 0.15) is 0 Å². The van der Waals surface area contributed by atoms with Crippen LogP contribution in [0.5, 0.6) is 0 Å². The van der Waals surface area contributed by atoms with Crippen molar-refractivity contribution in [3.05, 3.63) is 12.7 Å². The van der Waals surface area contributed by atoms with E-state index in [1.54, 1.807) is 19.3 Å². The molecule has 0 N–H and O–H groups in total. The molecule has 4 saturated carbocycles. The van der Waals surface area contributed by atoms with E-state index in [4.69, 9.17) is 0 Å². The Kier molecular flexibility index (Phi) is 3.25. The minimum absolute atomic E-state index is 0.886. The van der Waals surface area contributed by atoms with Gasteiger partial charge in [-0.15, -0.1) is 6.58 Å². The molecule has 0 aromatic carbocycles. The minimum atomic E-state index is 0.886. The maximum absolute atomic E-state index is 4.10. The van der Waals surface area contributed by atoms with Crippen LogP contribution in [0, 0.1) is 41.4 Å². The minimum Gasteiger partial charge on any atom is -0.158 e. The van der Waals surface area contributed by atoms with Gasteiger partial charge in [0.15, 0.2) is 0 Å². The SMILES string of the molecule is C=C[C@H]1C[C@H]2C[C@@H]1C1C2[C@H]2C[C@@H]1C[C@@H]2SCCCC. The molecular formula is C18H28S. The molecule has 0 saturated heterocycles. The molecule has 1 heteroatoms. The molecular weight excluding hydrogens is 248 g/mol. The van der Waals surface area contributed by atoms with E-state index >= 15 is 0 Å². The van der Waals surface area contributed by atoms with Crippen LogP contribution in [0.1, 0.15) is 45.4 Å². The number of hydrogen-bond donors (Lipinski definition) is 0. The molecule has 0 nitrogen and oxygen atoms in total. The van der Waals surface area contributed by atoms with Gasteiger partial charge in [-0.25, -0.2) is 0 Å². The van der Waals surface area contributed by atoms with E-state index in [0.717, 1.165) is 46.7 Å². The maximum atomic E-state index is 4.10. The summed E-state index contributed by atoms with van der Waals surface area (Å²) in [6, 6.07) is 0. The fourth-order valence-corrected chi connectivity index (χ4v) is 8.11. The molecule has 0 spiro atoms. The van der Waals surface area contributed by atoms with Crippen LogP contribution in [0.15, 0.2) is 12.7 Å². The normalized spacial score (nSPS) is 53.7. The van der Waals surface area contributed by atoms with Crippen molar-refractivity contribution < 1.29 is 0 Å². The molecule has 4 aliphatic carbocycles. The van der Waals surface area contributed by atoms with Gasteiger partial charge in [0.25, 0.3) is 0 Å². The predicted octanol–water partition coefficient (Wildman–Crippen LogP) is 5.00. The molecule has 4 bridgehead atoms. The largest absolute Gasteiger partial charge is 0.158 e. The molecule has 4 rings (SSSR count). The van der Waals surface area contributed by atoms with Crippen LogP contribution in [-0.2, 0) is 0 Å². The van der Waals surface area contributed by atoms with E-state index in [-0.39, 0.29) is 0 Å². The first-order valence-corrected chi connectivity index (χ1v) is 9.62. The molecule has 0 aliphatic heterocycles. The zero-order valence-electron chi connectivity index (χ0n) is 12.3. The van der Waals surface area contributed by atoms with Gasteiger partial charge in [0.2, 0.25) is 0 Å². The monoisotopic (exact) mass is 276 g/mol. The van der Waals surface area contributed by atoms with Gasteiger partial charge in [0.05, 0.1) is 0 Å². The lowest BCUT2D eigenvalue weighted by Gasteiger charge is -2.40. The lowest BCUT2D eigenvalue weighted by Crippen LogP contribution is -2.36. The van der Waals surface area contributed by atoms with E-state index in [9.17, 15) is 0 Å². The Morgan fingerprint density at radius 1 is 1.05 bits per heavy atom. The smallest absolute Gasteiger partial charge is 0.00810 e. The van der Waals surface area contributed by atoms with Gasteiger partial charge >= 0.3 is 0 Å². The summed E-state index contributed by atoms with van der Waals surface area (Å²) in [4.78, 5) is 0. The van der Waals surface area contributed by atoms with Crippen LogP contribution in [0.3, 0.4) is 0 Å². The Balaban J connectivity index is 1.45. The highest BCUT2D eigenvalue weighted by Gasteiger charge is 2.63.